The van der Waals surface area contributed by atoms with Crippen LogP contribution in [0.4, 0.5) is 0 Å². The molecule has 1 atom stereocenters. The minimum Gasteiger partial charge on any atom is -0.352 e. The van der Waals surface area contributed by atoms with Crippen LogP contribution in [0, 0.1) is 12.8 Å². The minimum absolute atomic E-state index is 0.0604. The molecule has 1 heterocycles. The molecule has 0 spiro atoms. The molecule has 0 saturated carbocycles. The van der Waals surface area contributed by atoms with E-state index in [9.17, 15) is 4.79 Å². The van der Waals surface area contributed by atoms with Crippen molar-refractivity contribution < 1.29 is 4.79 Å². The van der Waals surface area contributed by atoms with Crippen LogP contribution in [-0.2, 0) is 0 Å². The molecule has 1 aromatic heterocycles. The van der Waals surface area contributed by atoms with Gasteiger partial charge in [-0.1, -0.05) is 22.9 Å². The zero-order valence-corrected chi connectivity index (χ0v) is 12.2. The number of hydrogen-bond acceptors (Lipinski definition) is 2. The molecule has 0 radical (unpaired) electrons. The molecule has 0 aliphatic heterocycles. The molecule has 1 aromatic rings. The van der Waals surface area contributed by atoms with Gasteiger partial charge in [-0.15, -0.1) is 0 Å². The van der Waals surface area contributed by atoms with E-state index < -0.39 is 0 Å². The zero-order chi connectivity index (χ0) is 12.0. The van der Waals surface area contributed by atoms with Gasteiger partial charge in [-0.2, -0.15) is 11.3 Å². The normalized spacial score (nSPS) is 12.4. The second-order valence-electron chi connectivity index (χ2n) is 4.13. The fourth-order valence-corrected chi connectivity index (χ4v) is 2.57. The number of aryl methyl sites for hydroxylation is 1. The van der Waals surface area contributed by atoms with E-state index >= 15 is 0 Å². The summed E-state index contributed by atoms with van der Waals surface area (Å²) in [5, 5.41) is 7.90. The highest BCUT2D eigenvalue weighted by atomic mass is 79.9. The van der Waals surface area contributed by atoms with Crippen molar-refractivity contribution in [2.24, 2.45) is 5.92 Å². The smallest absolute Gasteiger partial charge is 0.252 e. The Labute approximate surface area is 110 Å². The topological polar surface area (TPSA) is 29.1 Å². The molecule has 0 aliphatic carbocycles. The molecular formula is C12H18BrNOS. The third-order valence-corrected chi connectivity index (χ3v) is 4.49. The Kier molecular flexibility index (Phi) is 6.06. The molecule has 0 bridgehead atoms. The lowest BCUT2D eigenvalue weighted by Crippen LogP contribution is -2.24. The number of carbonyl (C=O) groups excluding carboxylic acids is 1. The van der Waals surface area contributed by atoms with E-state index in [1.807, 2.05) is 17.7 Å². The largest absolute Gasteiger partial charge is 0.352 e. The number of halogens is 1. The monoisotopic (exact) mass is 303 g/mol. The third-order valence-electron chi connectivity index (χ3n) is 2.52. The van der Waals surface area contributed by atoms with Gasteiger partial charge in [0.15, 0.2) is 0 Å². The Morgan fingerprint density at radius 3 is 2.88 bits per heavy atom. The second kappa shape index (κ2) is 7.07. The summed E-state index contributed by atoms with van der Waals surface area (Å²) in [6.45, 7) is 4.95. The van der Waals surface area contributed by atoms with Crippen LogP contribution in [-0.4, -0.2) is 17.8 Å². The quantitative estimate of drug-likeness (QED) is 0.631. The summed E-state index contributed by atoms with van der Waals surface area (Å²) >= 11 is 5.03. The molecule has 0 aliphatic rings. The molecule has 0 fully saturated rings. The summed E-state index contributed by atoms with van der Waals surface area (Å²) in [6, 6.07) is 0. The highest BCUT2D eigenvalue weighted by Crippen LogP contribution is 2.13. The molecule has 16 heavy (non-hydrogen) atoms. The zero-order valence-electron chi connectivity index (χ0n) is 9.75. The van der Waals surface area contributed by atoms with Gasteiger partial charge in [0.05, 0.1) is 5.56 Å². The van der Waals surface area contributed by atoms with Gasteiger partial charge in [0.25, 0.3) is 5.91 Å². The molecule has 4 heteroatoms. The van der Waals surface area contributed by atoms with Crippen molar-refractivity contribution in [1.29, 1.82) is 0 Å². The molecule has 1 amide bonds. The number of amides is 1. The van der Waals surface area contributed by atoms with Crippen LogP contribution in [0.5, 0.6) is 0 Å². The first-order valence-corrected chi connectivity index (χ1v) is 7.58. The van der Waals surface area contributed by atoms with Gasteiger partial charge < -0.3 is 5.32 Å². The maximum absolute atomic E-state index is 11.7. The van der Waals surface area contributed by atoms with Crippen LogP contribution >= 0.6 is 27.3 Å². The number of hydrogen-bond donors (Lipinski definition) is 1. The highest BCUT2D eigenvalue weighted by Gasteiger charge is 2.08. The highest BCUT2D eigenvalue weighted by molar-refractivity contribution is 9.09. The van der Waals surface area contributed by atoms with E-state index in [2.05, 4.69) is 28.2 Å². The van der Waals surface area contributed by atoms with Crippen LogP contribution in [0.25, 0.3) is 0 Å². The Morgan fingerprint density at radius 2 is 2.31 bits per heavy atom. The van der Waals surface area contributed by atoms with Gasteiger partial charge in [-0.25, -0.2) is 0 Å². The first-order valence-electron chi connectivity index (χ1n) is 5.52. The second-order valence-corrected chi connectivity index (χ2v) is 5.52. The van der Waals surface area contributed by atoms with Gasteiger partial charge in [-0.05, 0) is 36.6 Å². The Hall–Kier alpha value is -0.350. The molecule has 1 rings (SSSR count). The van der Waals surface area contributed by atoms with Gasteiger partial charge >= 0.3 is 0 Å². The third kappa shape index (κ3) is 4.26. The standard InChI is InChI=1S/C12H18BrNOS/c1-9(6-13)4-3-5-14-12(15)11-8-16-7-10(11)2/h7-9H,3-6H2,1-2H3,(H,14,15). The van der Waals surface area contributed by atoms with Crippen molar-refractivity contribution in [2.45, 2.75) is 26.7 Å². The van der Waals surface area contributed by atoms with Crippen LogP contribution in [0.15, 0.2) is 10.8 Å². The molecule has 90 valence electrons. The van der Waals surface area contributed by atoms with Crippen molar-refractivity contribution >= 4 is 33.2 Å². The minimum atomic E-state index is 0.0604. The van der Waals surface area contributed by atoms with Crippen molar-refractivity contribution in [3.8, 4) is 0 Å². The Bertz CT molecular complexity index is 338. The summed E-state index contributed by atoms with van der Waals surface area (Å²) in [4.78, 5) is 11.7. The van der Waals surface area contributed by atoms with E-state index in [1.54, 1.807) is 11.3 Å². The summed E-state index contributed by atoms with van der Waals surface area (Å²) < 4.78 is 0. The lowest BCUT2D eigenvalue weighted by Gasteiger charge is -2.08. The summed E-state index contributed by atoms with van der Waals surface area (Å²) in [6.07, 6.45) is 2.19. The average Bonchev–Trinajstić information content (AvgIpc) is 2.70. The van der Waals surface area contributed by atoms with E-state index in [-0.39, 0.29) is 5.91 Å². The van der Waals surface area contributed by atoms with Crippen molar-refractivity contribution in [2.75, 3.05) is 11.9 Å². The van der Waals surface area contributed by atoms with E-state index in [0.29, 0.717) is 5.92 Å². The Balaban J connectivity index is 2.24. The van der Waals surface area contributed by atoms with Crippen molar-refractivity contribution in [3.63, 3.8) is 0 Å². The first-order chi connectivity index (χ1) is 7.65. The summed E-state index contributed by atoms with van der Waals surface area (Å²) in [7, 11) is 0. The molecule has 0 aromatic carbocycles. The van der Waals surface area contributed by atoms with Gasteiger partial charge in [0.2, 0.25) is 0 Å². The molecule has 1 unspecified atom stereocenters. The van der Waals surface area contributed by atoms with Crippen molar-refractivity contribution in [1.82, 2.24) is 5.32 Å². The molecule has 0 saturated heterocycles. The van der Waals surface area contributed by atoms with E-state index in [0.717, 1.165) is 35.8 Å². The van der Waals surface area contributed by atoms with Crippen molar-refractivity contribution in [3.05, 3.63) is 21.9 Å². The van der Waals surface area contributed by atoms with Crippen LogP contribution in [0.3, 0.4) is 0 Å². The fourth-order valence-electron chi connectivity index (χ4n) is 1.42. The SMILES string of the molecule is Cc1cscc1C(=O)NCCCC(C)CBr. The van der Waals surface area contributed by atoms with E-state index in [1.165, 1.54) is 0 Å². The van der Waals surface area contributed by atoms with Crippen LogP contribution in [0.1, 0.15) is 35.7 Å². The Morgan fingerprint density at radius 1 is 1.56 bits per heavy atom. The average molecular weight is 304 g/mol. The predicted octanol–water partition coefficient (Wildman–Crippen LogP) is 3.60. The number of rotatable bonds is 6. The lowest BCUT2D eigenvalue weighted by atomic mass is 10.1. The van der Waals surface area contributed by atoms with Crippen LogP contribution < -0.4 is 5.32 Å². The summed E-state index contributed by atoms with van der Waals surface area (Å²) in [5.41, 5.74) is 1.88. The first kappa shape index (κ1) is 13.7. The van der Waals surface area contributed by atoms with Crippen LogP contribution in [0.2, 0.25) is 0 Å². The van der Waals surface area contributed by atoms with E-state index in [4.69, 9.17) is 0 Å². The maximum Gasteiger partial charge on any atom is 0.252 e. The van der Waals surface area contributed by atoms with Gasteiger partial charge in [-0.3, -0.25) is 4.79 Å². The summed E-state index contributed by atoms with van der Waals surface area (Å²) in [5.74, 6) is 0.741. The maximum atomic E-state index is 11.7. The predicted molar refractivity (Wildman–Crippen MR) is 73.6 cm³/mol. The van der Waals surface area contributed by atoms with Gasteiger partial charge in [0.1, 0.15) is 0 Å². The number of carbonyl (C=O) groups is 1. The fraction of sp³-hybridized carbons (Fsp3) is 0.583. The molecule has 2 nitrogen and oxygen atoms in total. The number of alkyl halides is 1. The molecule has 1 N–H and O–H groups in total. The molecular weight excluding hydrogens is 286 g/mol. The number of thiophene rings is 1. The lowest BCUT2D eigenvalue weighted by molar-refractivity contribution is 0.0952. The van der Waals surface area contributed by atoms with Gasteiger partial charge in [0, 0.05) is 17.3 Å². The number of nitrogens with one attached hydrogen (secondary N) is 1.